The molecule has 0 aliphatic carbocycles. The fourth-order valence-electron chi connectivity index (χ4n) is 1.82. The van der Waals surface area contributed by atoms with Crippen LogP contribution in [0.25, 0.3) is 0 Å². The van der Waals surface area contributed by atoms with Crippen LogP contribution < -0.4 is 11.1 Å². The van der Waals surface area contributed by atoms with Crippen molar-refractivity contribution in [1.29, 1.82) is 0 Å². The average Bonchev–Trinajstić information content (AvgIpc) is 2.72. The van der Waals surface area contributed by atoms with Crippen LogP contribution in [0.2, 0.25) is 0 Å². The lowest BCUT2D eigenvalue weighted by Gasteiger charge is -2.31. The van der Waals surface area contributed by atoms with Gasteiger partial charge in [-0.25, -0.2) is 0 Å². The molecule has 1 aromatic rings. The molecule has 4 heteroatoms. The van der Waals surface area contributed by atoms with Gasteiger partial charge >= 0.3 is 0 Å². The summed E-state index contributed by atoms with van der Waals surface area (Å²) in [6.07, 6.45) is 2.82. The van der Waals surface area contributed by atoms with Crippen molar-refractivity contribution in [2.75, 3.05) is 5.73 Å². The van der Waals surface area contributed by atoms with Gasteiger partial charge in [0.1, 0.15) is 4.88 Å². The normalized spacial score (nSPS) is 11.4. The number of carbonyl (C=O) groups excluding carboxylic acids is 1. The molecule has 0 saturated carbocycles. The van der Waals surface area contributed by atoms with E-state index in [1.807, 2.05) is 5.38 Å². The van der Waals surface area contributed by atoms with Crippen LogP contribution in [0.15, 0.2) is 11.4 Å². The van der Waals surface area contributed by atoms with E-state index in [9.17, 15) is 4.79 Å². The average molecular weight is 240 g/mol. The molecule has 90 valence electrons. The minimum Gasteiger partial charge on any atom is -0.397 e. The maximum Gasteiger partial charge on any atom is 0.263 e. The summed E-state index contributed by atoms with van der Waals surface area (Å²) < 4.78 is 0. The molecule has 0 aliphatic rings. The largest absolute Gasteiger partial charge is 0.397 e. The minimum absolute atomic E-state index is 0.0435. The standard InChI is InChI=1S/C12H20N2OS/c1-4-12(5-2,6-3)14-11(15)10-9(13)7-8-16-10/h7-8H,4-6,13H2,1-3H3,(H,14,15). The molecule has 0 bridgehead atoms. The van der Waals surface area contributed by atoms with Crippen LogP contribution in [0.1, 0.15) is 49.7 Å². The molecule has 0 unspecified atom stereocenters. The lowest BCUT2D eigenvalue weighted by Crippen LogP contribution is -2.47. The first-order valence-corrected chi connectivity index (χ1v) is 6.62. The predicted molar refractivity (Wildman–Crippen MR) is 69.8 cm³/mol. The number of amides is 1. The molecule has 1 rings (SSSR count). The molecular formula is C12H20N2OS. The summed E-state index contributed by atoms with van der Waals surface area (Å²) in [5.74, 6) is -0.0435. The fraction of sp³-hybridized carbons (Fsp3) is 0.583. The monoisotopic (exact) mass is 240 g/mol. The Hall–Kier alpha value is -1.03. The quantitative estimate of drug-likeness (QED) is 0.831. The van der Waals surface area contributed by atoms with E-state index in [1.54, 1.807) is 6.07 Å². The van der Waals surface area contributed by atoms with Gasteiger partial charge in [0.25, 0.3) is 5.91 Å². The molecular weight excluding hydrogens is 220 g/mol. The third-order valence-corrected chi connectivity index (χ3v) is 4.24. The number of thiophene rings is 1. The van der Waals surface area contributed by atoms with Crippen LogP contribution in [0, 0.1) is 0 Å². The van der Waals surface area contributed by atoms with Crippen molar-refractivity contribution in [3.8, 4) is 0 Å². The van der Waals surface area contributed by atoms with Gasteiger partial charge in [-0.1, -0.05) is 20.8 Å². The van der Waals surface area contributed by atoms with Crippen LogP contribution in [-0.4, -0.2) is 11.4 Å². The van der Waals surface area contributed by atoms with E-state index < -0.39 is 0 Å². The van der Waals surface area contributed by atoms with Gasteiger partial charge in [-0.3, -0.25) is 4.79 Å². The number of nitrogen functional groups attached to an aromatic ring is 1. The topological polar surface area (TPSA) is 55.1 Å². The Morgan fingerprint density at radius 3 is 2.31 bits per heavy atom. The number of carbonyl (C=O) groups is 1. The van der Waals surface area contributed by atoms with Gasteiger partial charge < -0.3 is 11.1 Å². The molecule has 0 aliphatic heterocycles. The molecule has 3 nitrogen and oxygen atoms in total. The SMILES string of the molecule is CCC(CC)(CC)NC(=O)c1sccc1N. The zero-order chi connectivity index (χ0) is 12.2. The molecule has 16 heavy (non-hydrogen) atoms. The lowest BCUT2D eigenvalue weighted by molar-refractivity contribution is 0.0893. The number of hydrogen-bond acceptors (Lipinski definition) is 3. The Kier molecular flexibility index (Phi) is 4.35. The summed E-state index contributed by atoms with van der Waals surface area (Å²) >= 11 is 1.39. The first-order chi connectivity index (χ1) is 7.58. The maximum atomic E-state index is 12.0. The van der Waals surface area contributed by atoms with Gasteiger partial charge in [0.2, 0.25) is 0 Å². The Morgan fingerprint density at radius 2 is 1.94 bits per heavy atom. The van der Waals surface area contributed by atoms with Gasteiger partial charge in [0, 0.05) is 5.54 Å². The summed E-state index contributed by atoms with van der Waals surface area (Å²) in [6.45, 7) is 6.31. The Morgan fingerprint density at radius 1 is 1.38 bits per heavy atom. The zero-order valence-corrected chi connectivity index (χ0v) is 11.0. The number of hydrogen-bond donors (Lipinski definition) is 2. The summed E-state index contributed by atoms with van der Waals surface area (Å²) in [4.78, 5) is 12.7. The number of rotatable bonds is 5. The summed E-state index contributed by atoms with van der Waals surface area (Å²) in [6, 6.07) is 1.77. The van der Waals surface area contributed by atoms with Crippen LogP contribution in [-0.2, 0) is 0 Å². The Labute approximate surface area is 101 Å². The Balaban J connectivity index is 2.81. The second-order valence-electron chi connectivity index (χ2n) is 4.00. The fourth-order valence-corrected chi connectivity index (χ4v) is 2.53. The molecule has 0 saturated heterocycles. The lowest BCUT2D eigenvalue weighted by atomic mass is 9.90. The van der Waals surface area contributed by atoms with Crippen molar-refractivity contribution in [1.82, 2.24) is 5.32 Å². The van der Waals surface area contributed by atoms with Crippen LogP contribution in [0.4, 0.5) is 5.69 Å². The molecule has 0 aromatic carbocycles. The molecule has 0 atom stereocenters. The first-order valence-electron chi connectivity index (χ1n) is 5.74. The molecule has 0 spiro atoms. The third kappa shape index (κ3) is 2.55. The smallest absolute Gasteiger partial charge is 0.263 e. The molecule has 3 N–H and O–H groups in total. The minimum atomic E-state index is -0.0898. The highest BCUT2D eigenvalue weighted by atomic mass is 32.1. The van der Waals surface area contributed by atoms with E-state index in [1.165, 1.54) is 11.3 Å². The Bertz CT molecular complexity index is 347. The predicted octanol–water partition coefficient (Wildman–Crippen LogP) is 3.03. The number of nitrogens with one attached hydrogen (secondary N) is 1. The molecule has 1 aromatic heterocycles. The van der Waals surface area contributed by atoms with Crippen molar-refractivity contribution in [2.24, 2.45) is 0 Å². The van der Waals surface area contributed by atoms with E-state index >= 15 is 0 Å². The third-order valence-electron chi connectivity index (χ3n) is 3.31. The van der Waals surface area contributed by atoms with Gasteiger partial charge in [0.05, 0.1) is 5.69 Å². The van der Waals surface area contributed by atoms with E-state index in [2.05, 4.69) is 26.1 Å². The molecule has 1 amide bonds. The van der Waals surface area contributed by atoms with Crippen molar-refractivity contribution in [3.05, 3.63) is 16.3 Å². The van der Waals surface area contributed by atoms with Crippen molar-refractivity contribution in [2.45, 2.75) is 45.6 Å². The van der Waals surface area contributed by atoms with Crippen molar-refractivity contribution in [3.63, 3.8) is 0 Å². The van der Waals surface area contributed by atoms with E-state index in [0.717, 1.165) is 19.3 Å². The van der Waals surface area contributed by atoms with Crippen LogP contribution in [0.3, 0.4) is 0 Å². The highest BCUT2D eigenvalue weighted by molar-refractivity contribution is 7.12. The van der Waals surface area contributed by atoms with Crippen LogP contribution >= 0.6 is 11.3 Å². The highest BCUT2D eigenvalue weighted by Crippen LogP contribution is 2.23. The van der Waals surface area contributed by atoms with Gasteiger partial charge in [-0.15, -0.1) is 11.3 Å². The number of anilines is 1. The molecule has 1 heterocycles. The summed E-state index contributed by atoms with van der Waals surface area (Å²) in [5, 5.41) is 4.96. The second kappa shape index (κ2) is 5.34. The van der Waals surface area contributed by atoms with Crippen LogP contribution in [0.5, 0.6) is 0 Å². The van der Waals surface area contributed by atoms with Crippen molar-refractivity contribution >= 4 is 22.9 Å². The summed E-state index contributed by atoms with van der Waals surface area (Å²) in [7, 11) is 0. The van der Waals surface area contributed by atoms with Crippen molar-refractivity contribution < 1.29 is 4.79 Å². The first kappa shape index (κ1) is 13.0. The zero-order valence-electron chi connectivity index (χ0n) is 10.2. The highest BCUT2D eigenvalue weighted by Gasteiger charge is 2.27. The molecule has 0 fully saturated rings. The van der Waals surface area contributed by atoms with Gasteiger partial charge in [-0.2, -0.15) is 0 Å². The second-order valence-corrected chi connectivity index (χ2v) is 4.92. The van der Waals surface area contributed by atoms with Gasteiger partial charge in [0.15, 0.2) is 0 Å². The van der Waals surface area contributed by atoms with Gasteiger partial charge in [-0.05, 0) is 30.7 Å². The number of nitrogens with two attached hydrogens (primary N) is 1. The molecule has 0 radical (unpaired) electrons. The maximum absolute atomic E-state index is 12.0. The summed E-state index contributed by atoms with van der Waals surface area (Å²) in [5.41, 5.74) is 6.21. The van der Waals surface area contributed by atoms with E-state index in [0.29, 0.717) is 10.6 Å². The van der Waals surface area contributed by atoms with E-state index in [4.69, 9.17) is 5.73 Å². The van der Waals surface area contributed by atoms with E-state index in [-0.39, 0.29) is 11.4 Å².